The Morgan fingerprint density at radius 2 is 2.00 bits per heavy atom. The van der Waals surface area contributed by atoms with E-state index < -0.39 is 0 Å². The Morgan fingerprint density at radius 1 is 1.27 bits per heavy atom. The minimum absolute atomic E-state index is 0.0803. The number of aromatic nitrogens is 4. The van der Waals surface area contributed by atoms with Crippen LogP contribution in [0.1, 0.15) is 23.4 Å². The van der Waals surface area contributed by atoms with Crippen LogP contribution < -0.4 is 10.1 Å². The highest BCUT2D eigenvalue weighted by Gasteiger charge is 2.12. The molecule has 0 aliphatic heterocycles. The first-order valence-corrected chi connectivity index (χ1v) is 8.46. The van der Waals surface area contributed by atoms with Crippen LogP contribution in [-0.4, -0.2) is 32.8 Å². The number of rotatable bonds is 6. The largest absolute Gasteiger partial charge is 0.497 e. The molecule has 0 spiro atoms. The standard InChI is InChI=1S/C19H23N5O2/c1-12-16(13(2)24(3)23-12)9-10-18(25)22-19-20-11-17(21-19)14-5-7-15(26-4)8-6-14/h5-8,11H,9-10H2,1-4H3,(H2,20,21,22,25). The minimum atomic E-state index is -0.0803. The zero-order chi connectivity index (χ0) is 18.7. The number of aryl methyl sites for hydroxylation is 2. The second-order valence-electron chi connectivity index (χ2n) is 6.20. The second kappa shape index (κ2) is 7.43. The molecule has 7 nitrogen and oxygen atoms in total. The van der Waals surface area contributed by atoms with Crippen molar-refractivity contribution in [1.29, 1.82) is 0 Å². The third-order valence-electron chi connectivity index (χ3n) is 4.50. The van der Waals surface area contributed by atoms with Crippen LogP contribution in [0.5, 0.6) is 5.75 Å². The second-order valence-corrected chi connectivity index (χ2v) is 6.20. The molecule has 0 saturated heterocycles. The molecule has 3 aromatic rings. The number of methoxy groups -OCH3 is 1. The Labute approximate surface area is 152 Å². The Bertz CT molecular complexity index is 909. The van der Waals surface area contributed by atoms with Gasteiger partial charge in [-0.25, -0.2) is 4.98 Å². The SMILES string of the molecule is COc1ccc(-c2cnc(NC(=O)CCc3c(C)nn(C)c3C)[nH]2)cc1. The van der Waals surface area contributed by atoms with E-state index in [0.29, 0.717) is 18.8 Å². The molecule has 3 rings (SSSR count). The average Bonchev–Trinajstić information content (AvgIpc) is 3.18. The van der Waals surface area contributed by atoms with Gasteiger partial charge in [-0.3, -0.25) is 14.8 Å². The fourth-order valence-corrected chi connectivity index (χ4v) is 2.91. The van der Waals surface area contributed by atoms with Crippen molar-refractivity contribution in [2.24, 2.45) is 7.05 Å². The van der Waals surface area contributed by atoms with Crippen molar-refractivity contribution in [3.63, 3.8) is 0 Å². The van der Waals surface area contributed by atoms with E-state index in [9.17, 15) is 4.79 Å². The number of hydrogen-bond acceptors (Lipinski definition) is 4. The highest BCUT2D eigenvalue weighted by Crippen LogP contribution is 2.22. The number of benzene rings is 1. The quantitative estimate of drug-likeness (QED) is 0.713. The number of nitrogens with zero attached hydrogens (tertiary/aromatic N) is 3. The molecule has 26 heavy (non-hydrogen) atoms. The van der Waals surface area contributed by atoms with Crippen molar-refractivity contribution < 1.29 is 9.53 Å². The summed E-state index contributed by atoms with van der Waals surface area (Å²) < 4.78 is 7.00. The van der Waals surface area contributed by atoms with Gasteiger partial charge in [0.05, 0.1) is 24.7 Å². The predicted octanol–water partition coefficient (Wildman–Crippen LogP) is 3.01. The molecule has 1 aromatic carbocycles. The van der Waals surface area contributed by atoms with Crippen LogP contribution >= 0.6 is 0 Å². The van der Waals surface area contributed by atoms with Gasteiger partial charge in [0.15, 0.2) is 0 Å². The van der Waals surface area contributed by atoms with E-state index in [-0.39, 0.29) is 5.91 Å². The highest BCUT2D eigenvalue weighted by molar-refractivity contribution is 5.89. The molecule has 0 fully saturated rings. The number of anilines is 1. The summed E-state index contributed by atoms with van der Waals surface area (Å²) in [7, 11) is 3.54. The van der Waals surface area contributed by atoms with Crippen LogP contribution in [0.15, 0.2) is 30.5 Å². The molecule has 2 aromatic heterocycles. The van der Waals surface area contributed by atoms with Crippen LogP contribution in [0.25, 0.3) is 11.3 Å². The van der Waals surface area contributed by atoms with Gasteiger partial charge in [-0.05, 0) is 55.7 Å². The Morgan fingerprint density at radius 3 is 2.62 bits per heavy atom. The van der Waals surface area contributed by atoms with E-state index in [2.05, 4.69) is 20.4 Å². The number of nitrogens with one attached hydrogen (secondary N) is 2. The first kappa shape index (κ1) is 17.7. The number of amides is 1. The Kier molecular flexibility index (Phi) is 5.06. The van der Waals surface area contributed by atoms with Crippen molar-refractivity contribution >= 4 is 11.9 Å². The molecule has 0 radical (unpaired) electrons. The number of carbonyl (C=O) groups excluding carboxylic acids is 1. The summed E-state index contributed by atoms with van der Waals surface area (Å²) in [6.45, 7) is 3.98. The van der Waals surface area contributed by atoms with Gasteiger partial charge in [-0.15, -0.1) is 0 Å². The summed E-state index contributed by atoms with van der Waals surface area (Å²) in [6.07, 6.45) is 2.74. The molecule has 0 atom stereocenters. The molecule has 0 saturated carbocycles. The van der Waals surface area contributed by atoms with Gasteiger partial charge in [-0.2, -0.15) is 5.10 Å². The first-order chi connectivity index (χ1) is 12.5. The number of carbonyl (C=O) groups is 1. The molecular weight excluding hydrogens is 330 g/mol. The highest BCUT2D eigenvalue weighted by atomic mass is 16.5. The maximum atomic E-state index is 12.2. The van der Waals surface area contributed by atoms with E-state index in [1.165, 1.54) is 0 Å². The molecule has 2 heterocycles. The smallest absolute Gasteiger partial charge is 0.227 e. The normalized spacial score (nSPS) is 10.8. The van der Waals surface area contributed by atoms with Gasteiger partial charge < -0.3 is 9.72 Å². The number of H-pyrrole nitrogens is 1. The monoisotopic (exact) mass is 353 g/mol. The summed E-state index contributed by atoms with van der Waals surface area (Å²) in [6, 6.07) is 7.64. The van der Waals surface area contributed by atoms with Crippen molar-refractivity contribution in [3.05, 3.63) is 47.4 Å². The first-order valence-electron chi connectivity index (χ1n) is 8.46. The van der Waals surface area contributed by atoms with E-state index in [4.69, 9.17) is 4.74 Å². The maximum Gasteiger partial charge on any atom is 0.227 e. The minimum Gasteiger partial charge on any atom is -0.497 e. The Hall–Kier alpha value is -3.09. The average molecular weight is 353 g/mol. The van der Waals surface area contributed by atoms with E-state index in [1.807, 2.05) is 49.8 Å². The molecule has 0 unspecified atom stereocenters. The molecule has 0 bridgehead atoms. The van der Waals surface area contributed by atoms with Crippen LogP contribution in [0.3, 0.4) is 0 Å². The predicted molar refractivity (Wildman–Crippen MR) is 100 cm³/mol. The maximum absolute atomic E-state index is 12.2. The summed E-state index contributed by atoms with van der Waals surface area (Å²) in [5, 5.41) is 7.19. The van der Waals surface area contributed by atoms with Crippen LogP contribution in [0.2, 0.25) is 0 Å². The lowest BCUT2D eigenvalue weighted by Gasteiger charge is -2.04. The zero-order valence-corrected chi connectivity index (χ0v) is 15.5. The van der Waals surface area contributed by atoms with E-state index >= 15 is 0 Å². The van der Waals surface area contributed by atoms with Crippen molar-refractivity contribution in [2.45, 2.75) is 26.7 Å². The van der Waals surface area contributed by atoms with Crippen LogP contribution in [-0.2, 0) is 18.3 Å². The molecule has 2 N–H and O–H groups in total. The van der Waals surface area contributed by atoms with Crippen LogP contribution in [0.4, 0.5) is 5.95 Å². The summed E-state index contributed by atoms with van der Waals surface area (Å²) >= 11 is 0. The lowest BCUT2D eigenvalue weighted by atomic mass is 10.1. The van der Waals surface area contributed by atoms with E-state index in [1.54, 1.807) is 13.3 Å². The fourth-order valence-electron chi connectivity index (χ4n) is 2.91. The van der Waals surface area contributed by atoms with Gasteiger partial charge in [-0.1, -0.05) is 0 Å². The number of imidazole rings is 1. The molecule has 7 heteroatoms. The van der Waals surface area contributed by atoms with Gasteiger partial charge in [0, 0.05) is 19.2 Å². The van der Waals surface area contributed by atoms with Crippen LogP contribution in [0, 0.1) is 13.8 Å². The van der Waals surface area contributed by atoms with Crippen molar-refractivity contribution in [1.82, 2.24) is 19.7 Å². The summed E-state index contributed by atoms with van der Waals surface area (Å²) in [5.41, 5.74) is 5.00. The zero-order valence-electron chi connectivity index (χ0n) is 15.5. The van der Waals surface area contributed by atoms with Gasteiger partial charge in [0.1, 0.15) is 5.75 Å². The lowest BCUT2D eigenvalue weighted by molar-refractivity contribution is -0.116. The molecule has 0 aliphatic carbocycles. The summed E-state index contributed by atoms with van der Waals surface area (Å²) in [5.74, 6) is 1.16. The number of ether oxygens (including phenoxy) is 1. The van der Waals surface area contributed by atoms with E-state index in [0.717, 1.165) is 34.0 Å². The molecular formula is C19H23N5O2. The molecule has 136 valence electrons. The summed E-state index contributed by atoms with van der Waals surface area (Å²) in [4.78, 5) is 19.6. The van der Waals surface area contributed by atoms with Gasteiger partial charge in [0.25, 0.3) is 0 Å². The fraction of sp³-hybridized carbons (Fsp3) is 0.316. The van der Waals surface area contributed by atoms with Gasteiger partial charge in [0.2, 0.25) is 11.9 Å². The Balaban J connectivity index is 1.60. The lowest BCUT2D eigenvalue weighted by Crippen LogP contribution is -2.13. The molecule has 0 aliphatic rings. The van der Waals surface area contributed by atoms with Crippen molar-refractivity contribution in [2.75, 3.05) is 12.4 Å². The topological polar surface area (TPSA) is 84.8 Å². The number of aromatic amines is 1. The van der Waals surface area contributed by atoms with Gasteiger partial charge >= 0.3 is 0 Å². The third kappa shape index (κ3) is 3.77. The molecule has 1 amide bonds. The number of hydrogen-bond donors (Lipinski definition) is 2. The third-order valence-corrected chi connectivity index (χ3v) is 4.50. The van der Waals surface area contributed by atoms with Crippen molar-refractivity contribution in [3.8, 4) is 17.0 Å².